The van der Waals surface area contributed by atoms with E-state index in [1.54, 1.807) is 0 Å². The summed E-state index contributed by atoms with van der Waals surface area (Å²) in [5.74, 6) is 0.306. The van der Waals surface area contributed by atoms with E-state index >= 15 is 0 Å². The molecule has 0 heterocycles. The molecule has 0 N–H and O–H groups in total. The first-order chi connectivity index (χ1) is 5.26. The van der Waals surface area contributed by atoms with E-state index in [9.17, 15) is 4.79 Å². The summed E-state index contributed by atoms with van der Waals surface area (Å²) in [5.41, 5.74) is 0. The third-order valence-corrected chi connectivity index (χ3v) is 1.34. The highest BCUT2D eigenvalue weighted by Gasteiger charge is 1.96. The minimum absolute atomic E-state index is 0.306. The summed E-state index contributed by atoms with van der Waals surface area (Å²) in [5, 5.41) is 0. The molecule has 11 heavy (non-hydrogen) atoms. The zero-order valence-electron chi connectivity index (χ0n) is 7.25. The van der Waals surface area contributed by atoms with E-state index in [0.29, 0.717) is 12.2 Å². The highest BCUT2D eigenvalue weighted by molar-refractivity contribution is 5.63. The quantitative estimate of drug-likeness (QED) is 0.461. The van der Waals surface area contributed by atoms with E-state index in [0.717, 1.165) is 19.1 Å². The largest absolute Gasteiger partial charge is 0.303 e. The third kappa shape index (κ3) is 12.3. The lowest BCUT2D eigenvalue weighted by Crippen LogP contribution is -1.95. The number of aldehydes is 2. The van der Waals surface area contributed by atoms with Crippen molar-refractivity contribution in [3.05, 3.63) is 12.7 Å². The Morgan fingerprint density at radius 1 is 1.27 bits per heavy atom. The molecule has 0 rings (SSSR count). The molecule has 0 aliphatic carbocycles. The molecule has 0 aromatic carbocycles. The van der Waals surface area contributed by atoms with Crippen molar-refractivity contribution in [2.75, 3.05) is 0 Å². The fraction of sp³-hybridized carbons (Fsp3) is 0.556. The van der Waals surface area contributed by atoms with Gasteiger partial charge in [0, 0.05) is 5.92 Å². The summed E-state index contributed by atoms with van der Waals surface area (Å²) >= 11 is 0. The predicted octanol–water partition coefficient (Wildman–Crippen LogP) is 1.99. The predicted molar refractivity (Wildman–Crippen MR) is 46.4 cm³/mol. The van der Waals surface area contributed by atoms with Gasteiger partial charge in [0.05, 0.1) is 0 Å². The Labute approximate surface area is 68.3 Å². The second-order valence-electron chi connectivity index (χ2n) is 2.08. The molecule has 0 aliphatic heterocycles. The van der Waals surface area contributed by atoms with Crippen LogP contribution in [-0.2, 0) is 9.59 Å². The number of rotatable bonds is 4. The topological polar surface area (TPSA) is 34.1 Å². The molecule has 2 nitrogen and oxygen atoms in total. The van der Waals surface area contributed by atoms with Crippen molar-refractivity contribution in [1.82, 2.24) is 0 Å². The van der Waals surface area contributed by atoms with Gasteiger partial charge >= 0.3 is 0 Å². The van der Waals surface area contributed by atoms with Crippen LogP contribution in [0.1, 0.15) is 26.7 Å². The molecule has 64 valence electrons. The normalized spacial score (nSPS) is 7.91. The van der Waals surface area contributed by atoms with Crippen LogP contribution < -0.4 is 0 Å². The molecule has 0 aromatic heterocycles. The second kappa shape index (κ2) is 11.8. The maximum absolute atomic E-state index is 9.97. The molecule has 0 saturated heterocycles. The monoisotopic (exact) mass is 156 g/mol. The lowest BCUT2D eigenvalue weighted by Gasteiger charge is -1.97. The van der Waals surface area contributed by atoms with Gasteiger partial charge in [-0.2, -0.15) is 0 Å². The summed E-state index contributed by atoms with van der Waals surface area (Å²) < 4.78 is 0. The van der Waals surface area contributed by atoms with E-state index in [1.165, 1.54) is 6.08 Å². The van der Waals surface area contributed by atoms with Crippen LogP contribution in [0.25, 0.3) is 0 Å². The Morgan fingerprint density at radius 2 is 1.64 bits per heavy atom. The molecular weight excluding hydrogens is 140 g/mol. The maximum atomic E-state index is 9.97. The van der Waals surface area contributed by atoms with Crippen LogP contribution >= 0.6 is 0 Å². The number of carbonyl (C=O) groups excluding carboxylic acids is 2. The number of hydrogen-bond donors (Lipinski definition) is 0. The van der Waals surface area contributed by atoms with Gasteiger partial charge in [-0.1, -0.05) is 20.4 Å². The first kappa shape index (κ1) is 12.7. The minimum Gasteiger partial charge on any atom is -0.303 e. The standard InChI is InChI=1S/C6H12O.C3H4O/c1-3-6(4-2)5-7;1-2-3-4/h5-6H,3-4H2,1-2H3;2-3H,1H2. The van der Waals surface area contributed by atoms with Crippen molar-refractivity contribution in [3.63, 3.8) is 0 Å². The van der Waals surface area contributed by atoms with Gasteiger partial charge in [-0.3, -0.25) is 4.79 Å². The lowest BCUT2D eigenvalue weighted by atomic mass is 10.1. The smallest absolute Gasteiger partial charge is 0.142 e. The maximum Gasteiger partial charge on any atom is 0.142 e. The summed E-state index contributed by atoms with van der Waals surface area (Å²) in [6.45, 7) is 7.17. The van der Waals surface area contributed by atoms with Crippen molar-refractivity contribution in [3.8, 4) is 0 Å². The highest BCUT2D eigenvalue weighted by atomic mass is 16.1. The summed E-state index contributed by atoms with van der Waals surface area (Å²) in [6, 6.07) is 0. The molecule has 0 saturated carbocycles. The summed E-state index contributed by atoms with van der Waals surface area (Å²) in [4.78, 5) is 19.0. The number of carbonyl (C=O) groups is 2. The van der Waals surface area contributed by atoms with Crippen molar-refractivity contribution in [2.45, 2.75) is 26.7 Å². The minimum atomic E-state index is 0.306. The summed E-state index contributed by atoms with van der Waals surface area (Å²) in [6.07, 6.45) is 4.83. The van der Waals surface area contributed by atoms with Gasteiger partial charge in [-0.25, -0.2) is 0 Å². The Morgan fingerprint density at radius 3 is 1.64 bits per heavy atom. The zero-order chi connectivity index (χ0) is 9.11. The first-order valence-electron chi connectivity index (χ1n) is 3.78. The van der Waals surface area contributed by atoms with Gasteiger partial charge in [0.1, 0.15) is 12.6 Å². The van der Waals surface area contributed by atoms with E-state index in [1.807, 2.05) is 13.8 Å². The second-order valence-corrected chi connectivity index (χ2v) is 2.08. The Kier molecular flexibility index (Phi) is 13.7. The van der Waals surface area contributed by atoms with Gasteiger partial charge in [0.15, 0.2) is 0 Å². The van der Waals surface area contributed by atoms with Gasteiger partial charge < -0.3 is 4.79 Å². The molecule has 0 radical (unpaired) electrons. The van der Waals surface area contributed by atoms with Crippen molar-refractivity contribution in [1.29, 1.82) is 0 Å². The lowest BCUT2D eigenvalue weighted by molar-refractivity contribution is -0.111. The van der Waals surface area contributed by atoms with Gasteiger partial charge in [-0.15, -0.1) is 0 Å². The van der Waals surface area contributed by atoms with Crippen molar-refractivity contribution < 1.29 is 9.59 Å². The number of allylic oxidation sites excluding steroid dienone is 1. The van der Waals surface area contributed by atoms with Gasteiger partial charge in [0.25, 0.3) is 0 Å². The fourth-order valence-corrected chi connectivity index (χ4v) is 0.481. The van der Waals surface area contributed by atoms with Crippen LogP contribution in [0.2, 0.25) is 0 Å². The van der Waals surface area contributed by atoms with Gasteiger partial charge in [0.2, 0.25) is 0 Å². The molecule has 0 bridgehead atoms. The van der Waals surface area contributed by atoms with Crippen LogP contribution in [-0.4, -0.2) is 12.6 Å². The summed E-state index contributed by atoms with van der Waals surface area (Å²) in [7, 11) is 0. The highest BCUT2D eigenvalue weighted by Crippen LogP contribution is 2.01. The number of hydrogen-bond acceptors (Lipinski definition) is 2. The molecule has 0 unspecified atom stereocenters. The Hall–Kier alpha value is -0.920. The molecule has 0 aromatic rings. The van der Waals surface area contributed by atoms with Crippen molar-refractivity contribution in [2.24, 2.45) is 5.92 Å². The molecule has 0 atom stereocenters. The molecule has 0 spiro atoms. The molecule has 0 amide bonds. The van der Waals surface area contributed by atoms with E-state index in [-0.39, 0.29) is 0 Å². The molecule has 0 fully saturated rings. The molecular formula is C9H16O2. The van der Waals surface area contributed by atoms with E-state index in [2.05, 4.69) is 6.58 Å². The molecule has 0 aliphatic rings. The average molecular weight is 156 g/mol. The van der Waals surface area contributed by atoms with Crippen LogP contribution in [0.5, 0.6) is 0 Å². The third-order valence-electron chi connectivity index (χ3n) is 1.34. The van der Waals surface area contributed by atoms with Gasteiger partial charge in [-0.05, 0) is 18.9 Å². The SMILES string of the molecule is C=CC=O.CCC(C=O)CC. The van der Waals surface area contributed by atoms with E-state index < -0.39 is 0 Å². The Bertz CT molecular complexity index is 98.1. The average Bonchev–Trinajstić information content (AvgIpc) is 2.08. The van der Waals surface area contributed by atoms with Crippen LogP contribution in [0, 0.1) is 5.92 Å². The molecule has 2 heteroatoms. The van der Waals surface area contributed by atoms with E-state index in [4.69, 9.17) is 4.79 Å². The van der Waals surface area contributed by atoms with Crippen molar-refractivity contribution >= 4 is 12.6 Å². The first-order valence-corrected chi connectivity index (χ1v) is 3.78. The van der Waals surface area contributed by atoms with Crippen LogP contribution in [0.15, 0.2) is 12.7 Å². The fourth-order valence-electron chi connectivity index (χ4n) is 0.481. The zero-order valence-corrected chi connectivity index (χ0v) is 7.25. The van der Waals surface area contributed by atoms with Crippen LogP contribution in [0.4, 0.5) is 0 Å². The Balaban J connectivity index is 0. The van der Waals surface area contributed by atoms with Crippen LogP contribution in [0.3, 0.4) is 0 Å².